The monoisotopic (exact) mass is 225 g/mol. The fourth-order valence-electron chi connectivity index (χ4n) is 1.01. The van der Waals surface area contributed by atoms with E-state index in [1.165, 1.54) is 0 Å². The van der Waals surface area contributed by atoms with Crippen molar-refractivity contribution in [2.24, 2.45) is 11.7 Å². The molecule has 0 aromatic rings. The molecule has 4 nitrogen and oxygen atoms in total. The van der Waals surface area contributed by atoms with Gasteiger partial charge < -0.3 is 15.6 Å². The van der Waals surface area contributed by atoms with Gasteiger partial charge in [0.25, 0.3) is 0 Å². The fourth-order valence-corrected chi connectivity index (χ4v) is 1.01. The molecule has 1 aliphatic heterocycles. The third-order valence-corrected chi connectivity index (χ3v) is 1.73. The lowest BCUT2D eigenvalue weighted by molar-refractivity contribution is -0.146. The lowest BCUT2D eigenvalue weighted by Crippen LogP contribution is -2.42. The van der Waals surface area contributed by atoms with Crippen LogP contribution in [0.1, 0.15) is 6.42 Å². The Bertz CT molecular complexity index is 142. The second-order valence-corrected chi connectivity index (χ2v) is 2.47. The van der Waals surface area contributed by atoms with Crippen molar-refractivity contribution in [3.63, 3.8) is 0 Å². The summed E-state index contributed by atoms with van der Waals surface area (Å²) in [6.45, 7) is 0.849. The summed E-state index contributed by atoms with van der Waals surface area (Å²) in [7, 11) is 0. The summed E-state index contributed by atoms with van der Waals surface area (Å²) in [4.78, 5) is 10.4. The van der Waals surface area contributed by atoms with Gasteiger partial charge in [0.2, 0.25) is 0 Å². The first kappa shape index (κ1) is 10.9. The third kappa shape index (κ3) is 2.76. The number of hydrogen-bond acceptors (Lipinski definition) is 3. The van der Waals surface area contributed by atoms with Gasteiger partial charge in [0.05, 0.1) is 12.5 Å². The molecule has 5 heteroatoms. The molecular weight excluding hydrogens is 214 g/mol. The summed E-state index contributed by atoms with van der Waals surface area (Å²) >= 11 is 0. The molecule has 0 amide bonds. The van der Waals surface area contributed by atoms with Gasteiger partial charge in [-0.05, 0) is 6.42 Å². The summed E-state index contributed by atoms with van der Waals surface area (Å²) in [5.41, 5.74) is 5.52. The van der Waals surface area contributed by atoms with Crippen molar-refractivity contribution in [2.45, 2.75) is 12.5 Å². The molecule has 1 fully saturated rings. The van der Waals surface area contributed by atoms with E-state index in [4.69, 9.17) is 15.6 Å². The van der Waals surface area contributed by atoms with Crippen LogP contribution in [-0.2, 0) is 9.53 Å². The quantitative estimate of drug-likeness (QED) is 0.660. The van der Waals surface area contributed by atoms with E-state index in [2.05, 4.69) is 0 Å². The molecule has 0 spiro atoms. The summed E-state index contributed by atoms with van der Waals surface area (Å²) in [6, 6.07) is -0.230. The molecule has 0 radical (unpaired) electrons. The molecule has 3 N–H and O–H groups in total. The maximum atomic E-state index is 10.4. The minimum absolute atomic E-state index is 0. The standard InChI is InChI=1S/C6H11NO3.BrH/c7-5-1-2-10-3-4(5)6(8)9;/h4-5H,1-3,7H2,(H,8,9);1H/t4-,5+;/m0./s1. The fraction of sp³-hybridized carbons (Fsp3) is 0.833. The van der Waals surface area contributed by atoms with Gasteiger partial charge in [-0.15, -0.1) is 17.0 Å². The van der Waals surface area contributed by atoms with Crippen molar-refractivity contribution >= 4 is 23.0 Å². The van der Waals surface area contributed by atoms with E-state index in [1.807, 2.05) is 0 Å². The molecule has 0 aromatic carbocycles. The lowest BCUT2D eigenvalue weighted by atomic mass is 9.97. The average Bonchev–Trinajstić information content (AvgIpc) is 1.88. The number of nitrogens with two attached hydrogens (primary N) is 1. The van der Waals surface area contributed by atoms with Crippen LogP contribution in [0.5, 0.6) is 0 Å². The molecule has 1 heterocycles. The van der Waals surface area contributed by atoms with E-state index in [9.17, 15) is 4.79 Å². The van der Waals surface area contributed by atoms with Crippen LogP contribution in [0.4, 0.5) is 0 Å². The van der Waals surface area contributed by atoms with Gasteiger partial charge in [0.1, 0.15) is 0 Å². The molecule has 0 aromatic heterocycles. The molecule has 0 unspecified atom stereocenters. The van der Waals surface area contributed by atoms with Gasteiger partial charge in [0, 0.05) is 12.6 Å². The van der Waals surface area contributed by atoms with Crippen LogP contribution in [-0.4, -0.2) is 30.3 Å². The Morgan fingerprint density at radius 1 is 1.64 bits per heavy atom. The first-order valence-electron chi connectivity index (χ1n) is 3.28. The Hall–Kier alpha value is -0.130. The zero-order valence-corrected chi connectivity index (χ0v) is 7.74. The van der Waals surface area contributed by atoms with E-state index in [-0.39, 0.29) is 29.6 Å². The number of ether oxygens (including phenoxy) is 1. The smallest absolute Gasteiger partial charge is 0.310 e. The minimum Gasteiger partial charge on any atom is -0.481 e. The van der Waals surface area contributed by atoms with Gasteiger partial charge >= 0.3 is 5.97 Å². The summed E-state index contributed by atoms with van der Waals surface area (Å²) in [5, 5.41) is 8.55. The molecule has 2 atom stereocenters. The zero-order valence-electron chi connectivity index (χ0n) is 6.03. The van der Waals surface area contributed by atoms with Crippen LogP contribution in [0, 0.1) is 5.92 Å². The molecule has 0 saturated carbocycles. The van der Waals surface area contributed by atoms with E-state index in [1.54, 1.807) is 0 Å². The third-order valence-electron chi connectivity index (χ3n) is 1.73. The topological polar surface area (TPSA) is 72.5 Å². The van der Waals surface area contributed by atoms with Gasteiger partial charge in [-0.3, -0.25) is 4.79 Å². The zero-order chi connectivity index (χ0) is 7.56. The Morgan fingerprint density at radius 2 is 2.27 bits per heavy atom. The lowest BCUT2D eigenvalue weighted by Gasteiger charge is -2.24. The minimum atomic E-state index is -0.854. The van der Waals surface area contributed by atoms with Crippen molar-refractivity contribution in [1.82, 2.24) is 0 Å². The van der Waals surface area contributed by atoms with Gasteiger partial charge in [-0.25, -0.2) is 0 Å². The van der Waals surface area contributed by atoms with E-state index >= 15 is 0 Å². The van der Waals surface area contributed by atoms with Crippen molar-refractivity contribution in [3.05, 3.63) is 0 Å². The van der Waals surface area contributed by atoms with Crippen molar-refractivity contribution in [1.29, 1.82) is 0 Å². The van der Waals surface area contributed by atoms with Crippen LogP contribution in [0.2, 0.25) is 0 Å². The highest BCUT2D eigenvalue weighted by molar-refractivity contribution is 8.93. The number of carboxylic acid groups (broad SMARTS) is 1. The summed E-state index contributed by atoms with van der Waals surface area (Å²) in [5.74, 6) is -1.36. The predicted octanol–water partition coefficient (Wildman–Crippen LogP) is 0.0127. The highest BCUT2D eigenvalue weighted by atomic mass is 79.9. The van der Waals surface area contributed by atoms with E-state index in [0.29, 0.717) is 13.0 Å². The normalized spacial score (nSPS) is 30.6. The Balaban J connectivity index is 0.000001000. The highest BCUT2D eigenvalue weighted by Crippen LogP contribution is 2.12. The Kier molecular flexibility index (Phi) is 4.63. The Labute approximate surface area is 75.5 Å². The maximum absolute atomic E-state index is 10.4. The van der Waals surface area contributed by atoms with E-state index in [0.717, 1.165) is 0 Å². The van der Waals surface area contributed by atoms with Crippen LogP contribution in [0.3, 0.4) is 0 Å². The number of aliphatic carboxylic acids is 1. The SMILES string of the molecule is Br.N[C@@H]1CCOC[C@@H]1C(=O)O. The molecule has 0 bridgehead atoms. The number of halogens is 1. The number of carboxylic acids is 1. The van der Waals surface area contributed by atoms with Gasteiger partial charge in [-0.1, -0.05) is 0 Å². The first-order valence-corrected chi connectivity index (χ1v) is 3.28. The maximum Gasteiger partial charge on any atom is 0.310 e. The van der Waals surface area contributed by atoms with Crippen LogP contribution < -0.4 is 5.73 Å². The number of hydrogen-bond donors (Lipinski definition) is 2. The van der Waals surface area contributed by atoms with Crippen molar-refractivity contribution in [2.75, 3.05) is 13.2 Å². The number of carbonyl (C=O) groups is 1. The average molecular weight is 226 g/mol. The van der Waals surface area contributed by atoms with Crippen LogP contribution in [0.25, 0.3) is 0 Å². The molecular formula is C6H12BrNO3. The number of rotatable bonds is 1. The molecule has 1 rings (SSSR count). The molecule has 11 heavy (non-hydrogen) atoms. The molecule has 0 aliphatic carbocycles. The van der Waals surface area contributed by atoms with Gasteiger partial charge in [0.15, 0.2) is 0 Å². The highest BCUT2D eigenvalue weighted by Gasteiger charge is 2.28. The van der Waals surface area contributed by atoms with Crippen LogP contribution >= 0.6 is 17.0 Å². The Morgan fingerprint density at radius 3 is 2.64 bits per heavy atom. The van der Waals surface area contributed by atoms with Crippen molar-refractivity contribution in [3.8, 4) is 0 Å². The summed E-state index contributed by atoms with van der Waals surface area (Å²) in [6.07, 6.45) is 0.650. The molecule has 66 valence electrons. The molecule has 1 saturated heterocycles. The summed E-state index contributed by atoms with van der Waals surface area (Å²) < 4.78 is 4.95. The van der Waals surface area contributed by atoms with E-state index < -0.39 is 11.9 Å². The van der Waals surface area contributed by atoms with Crippen LogP contribution in [0.15, 0.2) is 0 Å². The van der Waals surface area contributed by atoms with Crippen molar-refractivity contribution < 1.29 is 14.6 Å². The largest absolute Gasteiger partial charge is 0.481 e. The second kappa shape index (κ2) is 4.69. The second-order valence-electron chi connectivity index (χ2n) is 2.47. The molecule has 1 aliphatic rings. The predicted molar refractivity (Wildman–Crippen MR) is 44.9 cm³/mol. The van der Waals surface area contributed by atoms with Gasteiger partial charge in [-0.2, -0.15) is 0 Å². The first-order chi connectivity index (χ1) is 4.72.